The van der Waals surface area contributed by atoms with Crippen molar-refractivity contribution in [2.75, 3.05) is 20.6 Å². The molecule has 0 N–H and O–H groups in total. The van der Waals surface area contributed by atoms with Crippen LogP contribution < -0.4 is 0 Å². The van der Waals surface area contributed by atoms with E-state index in [-0.39, 0.29) is 5.92 Å². The summed E-state index contributed by atoms with van der Waals surface area (Å²) in [6, 6.07) is 0. The van der Waals surface area contributed by atoms with Gasteiger partial charge in [-0.2, -0.15) is 0 Å². The molecule has 1 atom stereocenters. The first kappa shape index (κ1) is 11.4. The molecule has 1 saturated carbocycles. The Bertz CT molecular complexity index is 230. The van der Waals surface area contributed by atoms with Crippen molar-refractivity contribution in [1.29, 1.82) is 0 Å². The molecule has 0 aliphatic heterocycles. The molecule has 1 aliphatic carbocycles. The van der Waals surface area contributed by atoms with Crippen LogP contribution in [0.4, 0.5) is 0 Å². The Morgan fingerprint density at radius 1 is 1.50 bits per heavy atom. The van der Waals surface area contributed by atoms with Crippen LogP contribution in [0.2, 0.25) is 0 Å². The van der Waals surface area contributed by atoms with Crippen molar-refractivity contribution in [2.24, 2.45) is 5.92 Å². The number of ketones is 1. The third-order valence-corrected chi connectivity index (χ3v) is 2.71. The molecule has 0 aromatic rings. The molecule has 0 bridgehead atoms. The first-order chi connectivity index (χ1) is 6.65. The number of unbranched alkanes of at least 4 members (excludes halogenated alkanes) is 1. The van der Waals surface area contributed by atoms with E-state index in [4.69, 9.17) is 0 Å². The van der Waals surface area contributed by atoms with Crippen molar-refractivity contribution >= 4 is 5.78 Å². The summed E-state index contributed by atoms with van der Waals surface area (Å²) in [5, 5.41) is 0. The molecule has 80 valence electrons. The molecule has 1 unspecified atom stereocenters. The van der Waals surface area contributed by atoms with Crippen LogP contribution in [-0.4, -0.2) is 31.3 Å². The molecule has 2 nitrogen and oxygen atoms in total. The molecule has 0 aromatic carbocycles. The lowest BCUT2D eigenvalue weighted by molar-refractivity contribution is -0.118. The first-order valence-corrected chi connectivity index (χ1v) is 5.53. The van der Waals surface area contributed by atoms with Gasteiger partial charge in [0.05, 0.1) is 0 Å². The van der Waals surface area contributed by atoms with Crippen LogP contribution >= 0.6 is 0 Å². The summed E-state index contributed by atoms with van der Waals surface area (Å²) >= 11 is 0. The van der Waals surface area contributed by atoms with Gasteiger partial charge in [-0.05, 0) is 38.9 Å². The van der Waals surface area contributed by atoms with Gasteiger partial charge in [0, 0.05) is 12.5 Å². The predicted molar refractivity (Wildman–Crippen MR) is 59.3 cm³/mol. The summed E-state index contributed by atoms with van der Waals surface area (Å²) in [7, 11) is 4.06. The van der Waals surface area contributed by atoms with E-state index in [1.54, 1.807) is 0 Å². The third-order valence-electron chi connectivity index (χ3n) is 2.71. The highest BCUT2D eigenvalue weighted by molar-refractivity contribution is 5.99. The zero-order valence-electron chi connectivity index (χ0n) is 9.55. The zero-order chi connectivity index (χ0) is 10.6. The molecule has 0 heterocycles. The van der Waals surface area contributed by atoms with E-state index in [2.05, 4.69) is 17.9 Å². The van der Waals surface area contributed by atoms with E-state index in [1.165, 1.54) is 0 Å². The third kappa shape index (κ3) is 2.95. The highest BCUT2D eigenvalue weighted by atomic mass is 16.1. The van der Waals surface area contributed by atoms with Crippen LogP contribution in [0.1, 0.15) is 32.6 Å². The summed E-state index contributed by atoms with van der Waals surface area (Å²) in [6.07, 6.45) is 6.37. The van der Waals surface area contributed by atoms with Crippen molar-refractivity contribution in [2.45, 2.75) is 32.6 Å². The molecule has 1 aliphatic rings. The van der Waals surface area contributed by atoms with Crippen molar-refractivity contribution in [3.05, 3.63) is 11.6 Å². The highest BCUT2D eigenvalue weighted by Gasteiger charge is 2.28. The van der Waals surface area contributed by atoms with Crippen LogP contribution in [0.15, 0.2) is 11.6 Å². The maximum absolute atomic E-state index is 11.9. The molecule has 0 aromatic heterocycles. The van der Waals surface area contributed by atoms with Gasteiger partial charge in [-0.15, -0.1) is 0 Å². The van der Waals surface area contributed by atoms with Gasteiger partial charge in [0.15, 0.2) is 5.78 Å². The molecular weight excluding hydrogens is 174 g/mol. The number of carbonyl (C=O) groups excluding carboxylic acids is 1. The molecule has 1 fully saturated rings. The topological polar surface area (TPSA) is 20.3 Å². The number of carbonyl (C=O) groups is 1. The second kappa shape index (κ2) is 5.30. The van der Waals surface area contributed by atoms with Gasteiger partial charge in [0.2, 0.25) is 0 Å². The predicted octanol–water partition coefficient (Wildman–Crippen LogP) is 2.25. The number of rotatable bonds is 4. The lowest BCUT2D eigenvalue weighted by Gasteiger charge is -2.13. The largest absolute Gasteiger partial charge is 0.309 e. The maximum atomic E-state index is 11.9. The lowest BCUT2D eigenvalue weighted by atomic mass is 10.1. The fourth-order valence-corrected chi connectivity index (χ4v) is 1.98. The Morgan fingerprint density at radius 3 is 2.79 bits per heavy atom. The monoisotopic (exact) mass is 195 g/mol. The van der Waals surface area contributed by atoms with Gasteiger partial charge < -0.3 is 4.90 Å². The molecule has 0 radical (unpaired) electrons. The summed E-state index contributed by atoms with van der Waals surface area (Å²) < 4.78 is 0. The van der Waals surface area contributed by atoms with E-state index in [0.717, 1.165) is 37.8 Å². The average molecular weight is 195 g/mol. The van der Waals surface area contributed by atoms with Crippen molar-refractivity contribution in [3.63, 3.8) is 0 Å². The van der Waals surface area contributed by atoms with Crippen molar-refractivity contribution in [1.82, 2.24) is 4.90 Å². The van der Waals surface area contributed by atoms with Gasteiger partial charge in [-0.3, -0.25) is 4.79 Å². The number of Topliss-reactive ketones (excluding diaryl/α,β-unsaturated/α-hetero) is 1. The molecule has 2 heteroatoms. The average Bonchev–Trinajstić information content (AvgIpc) is 2.45. The van der Waals surface area contributed by atoms with Crippen molar-refractivity contribution in [3.8, 4) is 0 Å². The van der Waals surface area contributed by atoms with Crippen LogP contribution in [0.5, 0.6) is 0 Å². The molecule has 0 spiro atoms. The Balaban J connectivity index is 2.51. The van der Waals surface area contributed by atoms with Gasteiger partial charge >= 0.3 is 0 Å². The van der Waals surface area contributed by atoms with Crippen LogP contribution in [0.25, 0.3) is 0 Å². The Kier molecular flexibility index (Phi) is 4.33. The minimum atomic E-state index is 0.258. The fraction of sp³-hybridized carbons (Fsp3) is 0.750. The second-order valence-corrected chi connectivity index (χ2v) is 4.38. The minimum Gasteiger partial charge on any atom is -0.309 e. The maximum Gasteiger partial charge on any atom is 0.162 e. The summed E-state index contributed by atoms with van der Waals surface area (Å²) in [4.78, 5) is 14.0. The smallest absolute Gasteiger partial charge is 0.162 e. The van der Waals surface area contributed by atoms with E-state index >= 15 is 0 Å². The Labute approximate surface area is 87.0 Å². The van der Waals surface area contributed by atoms with E-state index in [9.17, 15) is 4.79 Å². The first-order valence-electron chi connectivity index (χ1n) is 5.53. The number of nitrogens with zero attached hydrogens (tertiary/aromatic N) is 1. The molecule has 1 rings (SSSR count). The summed E-state index contributed by atoms with van der Waals surface area (Å²) in [5.41, 5.74) is 1.08. The number of hydrogen-bond donors (Lipinski definition) is 0. The van der Waals surface area contributed by atoms with E-state index in [1.807, 2.05) is 14.1 Å². The molecule has 0 saturated heterocycles. The van der Waals surface area contributed by atoms with Gasteiger partial charge in [0.1, 0.15) is 0 Å². The quantitative estimate of drug-likeness (QED) is 0.641. The van der Waals surface area contributed by atoms with Gasteiger partial charge in [-0.1, -0.05) is 19.4 Å². The Morgan fingerprint density at radius 2 is 2.21 bits per heavy atom. The van der Waals surface area contributed by atoms with Gasteiger partial charge in [0.25, 0.3) is 0 Å². The fourth-order valence-electron chi connectivity index (χ4n) is 1.98. The molecule has 14 heavy (non-hydrogen) atoms. The van der Waals surface area contributed by atoms with E-state index in [0.29, 0.717) is 5.78 Å². The van der Waals surface area contributed by atoms with Crippen molar-refractivity contribution < 1.29 is 4.79 Å². The lowest BCUT2D eigenvalue weighted by Crippen LogP contribution is -2.24. The zero-order valence-corrected chi connectivity index (χ0v) is 9.55. The number of hydrogen-bond acceptors (Lipinski definition) is 2. The molecular formula is C12H21NO. The number of allylic oxidation sites excluding steroid dienone is 2. The minimum absolute atomic E-state index is 0.258. The van der Waals surface area contributed by atoms with Gasteiger partial charge in [-0.25, -0.2) is 0 Å². The summed E-state index contributed by atoms with van der Waals surface area (Å²) in [6.45, 7) is 3.05. The Hall–Kier alpha value is -0.630. The highest BCUT2D eigenvalue weighted by Crippen LogP contribution is 2.27. The second-order valence-electron chi connectivity index (χ2n) is 4.38. The van der Waals surface area contributed by atoms with Crippen LogP contribution in [0.3, 0.4) is 0 Å². The standard InChI is InChI=1S/C12H21NO/c1-4-5-6-10-7-8-11(12(10)14)9-13(2)3/h6,11H,4-5,7-9H2,1-3H3/b10-6-. The SMILES string of the molecule is CCC/C=C1/CCC(CN(C)C)C1=O. The molecule has 0 amide bonds. The van der Waals surface area contributed by atoms with Crippen LogP contribution in [0, 0.1) is 5.92 Å². The normalized spacial score (nSPS) is 25.3. The van der Waals surface area contributed by atoms with E-state index < -0.39 is 0 Å². The summed E-state index contributed by atoms with van der Waals surface area (Å²) in [5.74, 6) is 0.653. The van der Waals surface area contributed by atoms with Crippen LogP contribution in [-0.2, 0) is 4.79 Å².